The maximum absolute atomic E-state index is 13.6. The molecule has 0 aromatic heterocycles. The molecule has 5 nitrogen and oxygen atoms in total. The zero-order valence-electron chi connectivity index (χ0n) is 19.0. The van der Waals surface area contributed by atoms with Gasteiger partial charge in [-0.05, 0) is 68.7 Å². The smallest absolute Gasteiger partial charge is 0.243 e. The predicted octanol–water partition coefficient (Wildman–Crippen LogP) is 5.23. The summed E-state index contributed by atoms with van der Waals surface area (Å²) in [5.74, 6) is -0.230. The number of hydrogen-bond acceptors (Lipinski definition) is 3. The van der Waals surface area contributed by atoms with Crippen molar-refractivity contribution in [2.24, 2.45) is 0 Å². The molecule has 0 saturated carbocycles. The Hall–Kier alpha value is -2.48. The van der Waals surface area contributed by atoms with Gasteiger partial charge in [-0.1, -0.05) is 63.5 Å². The Balaban J connectivity index is 1.68. The summed E-state index contributed by atoms with van der Waals surface area (Å²) in [5.41, 5.74) is 4.79. The molecule has 0 N–H and O–H groups in total. The van der Waals surface area contributed by atoms with Crippen molar-refractivity contribution in [2.45, 2.75) is 44.7 Å². The molecule has 1 aliphatic rings. The first-order chi connectivity index (χ1) is 15.6. The molecule has 0 fully saturated rings. The van der Waals surface area contributed by atoms with Gasteiger partial charge in [0.05, 0.1) is 11.4 Å². The van der Waals surface area contributed by atoms with Crippen LogP contribution >= 0.6 is 15.9 Å². The monoisotopic (exact) mass is 526 g/mol. The van der Waals surface area contributed by atoms with Crippen molar-refractivity contribution in [3.8, 4) is 0 Å². The standard InChI is InChI=1S/C26H27BrN2O3S/c1-18-7-10-24(11-8-18)33(31,32)28(16-21-6-4-5-19(2)13-21)17-26(30)29-20(3)14-22-15-23(27)9-12-25(22)29/h4-13,15,20H,14,16-17H2,1-3H3/t20-/m0/s1. The molecule has 172 valence electrons. The number of amides is 1. The summed E-state index contributed by atoms with van der Waals surface area (Å²) in [5, 5.41) is 0. The number of benzene rings is 3. The van der Waals surface area contributed by atoms with Crippen molar-refractivity contribution in [3.63, 3.8) is 0 Å². The van der Waals surface area contributed by atoms with Crippen LogP contribution in [0.1, 0.15) is 29.2 Å². The molecule has 0 bridgehead atoms. The van der Waals surface area contributed by atoms with E-state index in [2.05, 4.69) is 15.9 Å². The second kappa shape index (κ2) is 9.41. The Morgan fingerprint density at radius 3 is 2.45 bits per heavy atom. The minimum Gasteiger partial charge on any atom is -0.308 e. The van der Waals surface area contributed by atoms with E-state index in [9.17, 15) is 13.2 Å². The van der Waals surface area contributed by atoms with Gasteiger partial charge < -0.3 is 4.90 Å². The molecule has 1 aliphatic heterocycles. The summed E-state index contributed by atoms with van der Waals surface area (Å²) in [6.45, 7) is 5.76. The fourth-order valence-corrected chi connectivity index (χ4v) is 6.09. The average molecular weight is 527 g/mol. The van der Waals surface area contributed by atoms with Gasteiger partial charge in [-0.15, -0.1) is 0 Å². The normalized spacial score (nSPS) is 15.7. The highest BCUT2D eigenvalue weighted by Gasteiger charge is 2.34. The van der Waals surface area contributed by atoms with Crippen LogP contribution in [0, 0.1) is 13.8 Å². The third-order valence-electron chi connectivity index (χ3n) is 5.94. The van der Waals surface area contributed by atoms with Gasteiger partial charge in [0.25, 0.3) is 0 Å². The maximum atomic E-state index is 13.6. The van der Waals surface area contributed by atoms with Crippen LogP contribution in [0.4, 0.5) is 5.69 Å². The number of carbonyl (C=O) groups is 1. The molecule has 0 unspecified atom stereocenters. The fraction of sp³-hybridized carbons (Fsp3) is 0.269. The topological polar surface area (TPSA) is 57.7 Å². The molecular formula is C26H27BrN2O3S. The van der Waals surface area contributed by atoms with Crippen LogP contribution in [0.15, 0.2) is 76.1 Å². The van der Waals surface area contributed by atoms with Crippen LogP contribution in [0.3, 0.4) is 0 Å². The van der Waals surface area contributed by atoms with Crippen LogP contribution in [0.5, 0.6) is 0 Å². The minimum atomic E-state index is -3.88. The van der Waals surface area contributed by atoms with Gasteiger partial charge in [-0.2, -0.15) is 4.31 Å². The summed E-state index contributed by atoms with van der Waals surface area (Å²) < 4.78 is 29.5. The molecule has 0 aliphatic carbocycles. The van der Waals surface area contributed by atoms with E-state index in [4.69, 9.17) is 0 Å². The van der Waals surface area contributed by atoms with Crippen LogP contribution in [-0.4, -0.2) is 31.2 Å². The summed E-state index contributed by atoms with van der Waals surface area (Å²) in [6.07, 6.45) is 0.739. The third kappa shape index (κ3) is 5.05. The quantitative estimate of drug-likeness (QED) is 0.441. The van der Waals surface area contributed by atoms with Gasteiger partial charge in [-0.3, -0.25) is 4.79 Å². The molecule has 3 aromatic carbocycles. The van der Waals surface area contributed by atoms with Crippen molar-refractivity contribution < 1.29 is 13.2 Å². The first-order valence-corrected chi connectivity index (χ1v) is 13.1. The van der Waals surface area contributed by atoms with Crippen molar-refractivity contribution in [3.05, 3.63) is 93.5 Å². The number of rotatable bonds is 6. The number of halogens is 1. The fourth-order valence-electron chi connectivity index (χ4n) is 4.31. The van der Waals surface area contributed by atoms with Crippen LogP contribution in [0.25, 0.3) is 0 Å². The zero-order valence-corrected chi connectivity index (χ0v) is 21.4. The van der Waals surface area contributed by atoms with Gasteiger partial charge in [-0.25, -0.2) is 8.42 Å². The van der Waals surface area contributed by atoms with Gasteiger partial charge in [0.15, 0.2) is 0 Å². The molecule has 7 heteroatoms. The largest absolute Gasteiger partial charge is 0.308 e. The molecule has 1 amide bonds. The second-order valence-electron chi connectivity index (χ2n) is 8.67. The van der Waals surface area contributed by atoms with E-state index < -0.39 is 10.0 Å². The van der Waals surface area contributed by atoms with E-state index in [1.807, 2.05) is 63.2 Å². The van der Waals surface area contributed by atoms with E-state index in [1.165, 1.54) is 4.31 Å². The third-order valence-corrected chi connectivity index (χ3v) is 8.24. The first kappa shape index (κ1) is 23.7. The van der Waals surface area contributed by atoms with Crippen molar-refractivity contribution in [1.29, 1.82) is 0 Å². The molecule has 33 heavy (non-hydrogen) atoms. The van der Waals surface area contributed by atoms with E-state index in [1.54, 1.807) is 29.2 Å². The highest BCUT2D eigenvalue weighted by molar-refractivity contribution is 9.10. The molecule has 1 atom stereocenters. The number of hydrogen-bond donors (Lipinski definition) is 0. The highest BCUT2D eigenvalue weighted by atomic mass is 79.9. The number of sulfonamides is 1. The lowest BCUT2D eigenvalue weighted by molar-refractivity contribution is -0.119. The van der Waals surface area contributed by atoms with Crippen molar-refractivity contribution in [1.82, 2.24) is 4.31 Å². The number of aryl methyl sites for hydroxylation is 2. The van der Waals surface area contributed by atoms with Crippen LogP contribution < -0.4 is 4.90 Å². The number of nitrogens with zero attached hydrogens (tertiary/aromatic N) is 2. The number of anilines is 1. The summed E-state index contributed by atoms with van der Waals surface area (Å²) >= 11 is 3.49. The zero-order chi connectivity index (χ0) is 23.8. The number of carbonyl (C=O) groups excluding carboxylic acids is 1. The first-order valence-electron chi connectivity index (χ1n) is 10.9. The molecule has 4 rings (SSSR count). The average Bonchev–Trinajstić information content (AvgIpc) is 3.08. The molecule has 3 aromatic rings. The molecule has 0 radical (unpaired) electrons. The number of fused-ring (bicyclic) bond motifs is 1. The van der Waals surface area contributed by atoms with E-state index in [-0.39, 0.29) is 29.9 Å². The Labute approximate surface area is 204 Å². The lowest BCUT2D eigenvalue weighted by Crippen LogP contribution is -2.44. The van der Waals surface area contributed by atoms with Gasteiger partial charge in [0.1, 0.15) is 0 Å². The molecule has 0 spiro atoms. The highest BCUT2D eigenvalue weighted by Crippen LogP contribution is 2.34. The Morgan fingerprint density at radius 1 is 1.03 bits per heavy atom. The summed E-state index contributed by atoms with van der Waals surface area (Å²) in [4.78, 5) is 15.4. The lowest BCUT2D eigenvalue weighted by atomic mass is 10.1. The second-order valence-corrected chi connectivity index (χ2v) is 11.5. The predicted molar refractivity (Wildman–Crippen MR) is 135 cm³/mol. The Morgan fingerprint density at radius 2 is 1.76 bits per heavy atom. The summed E-state index contributed by atoms with van der Waals surface area (Å²) in [7, 11) is -3.88. The van der Waals surface area contributed by atoms with Crippen LogP contribution in [0.2, 0.25) is 0 Å². The van der Waals surface area contributed by atoms with E-state index in [0.717, 1.165) is 38.8 Å². The molecule has 0 saturated heterocycles. The maximum Gasteiger partial charge on any atom is 0.243 e. The Kier molecular flexibility index (Phi) is 6.75. The van der Waals surface area contributed by atoms with E-state index >= 15 is 0 Å². The Bertz CT molecular complexity index is 1290. The van der Waals surface area contributed by atoms with Crippen molar-refractivity contribution in [2.75, 3.05) is 11.4 Å². The SMILES string of the molecule is Cc1ccc(S(=O)(=O)N(CC(=O)N2c3ccc(Br)cc3C[C@@H]2C)Cc2cccc(C)c2)cc1. The molecular weight excluding hydrogens is 500 g/mol. The minimum absolute atomic E-state index is 0.0373. The van der Waals surface area contributed by atoms with Gasteiger partial charge >= 0.3 is 0 Å². The van der Waals surface area contributed by atoms with Crippen LogP contribution in [-0.2, 0) is 27.8 Å². The molecule has 1 heterocycles. The summed E-state index contributed by atoms with van der Waals surface area (Å²) in [6, 6.07) is 20.3. The lowest BCUT2D eigenvalue weighted by Gasteiger charge is -2.28. The van der Waals surface area contributed by atoms with Gasteiger partial charge in [0.2, 0.25) is 15.9 Å². The van der Waals surface area contributed by atoms with Gasteiger partial charge in [0, 0.05) is 22.7 Å². The van der Waals surface area contributed by atoms with E-state index in [0.29, 0.717) is 0 Å². The van der Waals surface area contributed by atoms with Crippen molar-refractivity contribution >= 4 is 37.5 Å².